The molecule has 0 spiro atoms. The fourth-order valence-electron chi connectivity index (χ4n) is 5.03. The third-order valence-corrected chi connectivity index (χ3v) is 8.15. The van der Waals surface area contributed by atoms with E-state index in [0.29, 0.717) is 16.6 Å². The number of hydrogen-bond donors (Lipinski definition) is 1. The number of aryl methyl sites for hydroxylation is 1. The molecular weight excluding hydrogens is 494 g/mol. The third kappa shape index (κ3) is 6.58. The van der Waals surface area contributed by atoms with E-state index < -0.39 is 0 Å². The predicted molar refractivity (Wildman–Crippen MR) is 160 cm³/mol. The highest BCUT2D eigenvalue weighted by molar-refractivity contribution is 7.96. The van der Waals surface area contributed by atoms with Gasteiger partial charge in [0.1, 0.15) is 0 Å². The van der Waals surface area contributed by atoms with Crippen LogP contribution in [0.1, 0.15) is 99.9 Å². The van der Waals surface area contributed by atoms with Gasteiger partial charge < -0.3 is 0 Å². The van der Waals surface area contributed by atoms with Gasteiger partial charge in [-0.1, -0.05) is 88.9 Å². The Morgan fingerprint density at radius 2 is 1.84 bits per heavy atom. The Balaban J connectivity index is 0.00000186. The molecule has 0 bridgehead atoms. The summed E-state index contributed by atoms with van der Waals surface area (Å²) in [4.78, 5) is 4.85. The van der Waals surface area contributed by atoms with Crippen molar-refractivity contribution in [1.29, 1.82) is 5.26 Å². The number of nitriles is 1. The molecule has 0 saturated carbocycles. The summed E-state index contributed by atoms with van der Waals surface area (Å²) >= 11 is 8.34. The Morgan fingerprint density at radius 1 is 1.11 bits per heavy atom. The van der Waals surface area contributed by atoms with E-state index in [1.165, 1.54) is 28.8 Å². The lowest BCUT2D eigenvalue weighted by Gasteiger charge is -2.28. The first-order chi connectivity index (χ1) is 17.9. The number of nitrogens with zero attached hydrogens (tertiary/aromatic N) is 2. The lowest BCUT2D eigenvalue weighted by Crippen LogP contribution is -2.21. The highest BCUT2D eigenvalue weighted by Crippen LogP contribution is 2.37. The summed E-state index contributed by atoms with van der Waals surface area (Å²) in [5.74, 6) is 0. The Labute approximate surface area is 233 Å². The minimum atomic E-state index is -0.276. The number of halogens is 1. The lowest BCUT2D eigenvalue weighted by molar-refractivity contribution is 0.528. The monoisotopic (exact) mass is 533 g/mol. The average molecular weight is 534 g/mol. The average Bonchev–Trinajstić information content (AvgIpc) is 2.93. The van der Waals surface area contributed by atoms with E-state index in [-0.39, 0.29) is 5.41 Å². The van der Waals surface area contributed by atoms with Crippen LogP contribution in [0, 0.1) is 11.3 Å². The van der Waals surface area contributed by atoms with Gasteiger partial charge in [-0.2, -0.15) is 5.26 Å². The van der Waals surface area contributed by atoms with Crippen molar-refractivity contribution < 1.29 is 0 Å². The SMILES string of the molecule is CC.CCCCc1c(Cl)cc(C(C)(C)c2ccc(-c3cnc4c(c3)CCCC4NSC)cc2)cc1C#N. The molecule has 1 aliphatic rings. The second kappa shape index (κ2) is 13.5. The fraction of sp³-hybridized carbons (Fsp3) is 0.438. The fourth-order valence-corrected chi connectivity index (χ4v) is 5.86. The van der Waals surface area contributed by atoms with E-state index in [2.05, 4.69) is 68.2 Å². The molecule has 1 aliphatic carbocycles. The number of benzene rings is 2. The Hall–Kier alpha value is -2.32. The van der Waals surface area contributed by atoms with Crippen LogP contribution in [0.25, 0.3) is 11.1 Å². The second-order valence-corrected chi connectivity index (χ2v) is 11.0. The quantitative estimate of drug-likeness (QED) is 0.293. The van der Waals surface area contributed by atoms with Crippen molar-refractivity contribution in [3.63, 3.8) is 0 Å². The molecular formula is C32H40ClN3S. The first-order valence-corrected chi connectivity index (χ1v) is 15.1. The zero-order valence-corrected chi connectivity index (χ0v) is 24.7. The molecule has 0 radical (unpaired) electrons. The summed E-state index contributed by atoms with van der Waals surface area (Å²) in [5.41, 5.74) is 8.53. The molecule has 0 aliphatic heterocycles. The standard InChI is InChI=1S/C30H34ClN3S.C2H6/c1-5-6-9-26-22(18-32)16-25(17-27(26)31)30(2,3)24-13-11-20(12-14-24)23-15-21-8-7-10-28(34-35-4)29(21)33-19-23;1-2/h11-17,19,28,34H,5-10H2,1-4H3;1-2H3. The van der Waals surface area contributed by atoms with E-state index in [1.54, 1.807) is 11.9 Å². The molecule has 37 heavy (non-hydrogen) atoms. The molecule has 1 unspecified atom stereocenters. The molecule has 1 heterocycles. The largest absolute Gasteiger partial charge is 0.259 e. The topological polar surface area (TPSA) is 48.7 Å². The summed E-state index contributed by atoms with van der Waals surface area (Å²) < 4.78 is 3.49. The van der Waals surface area contributed by atoms with E-state index in [0.717, 1.165) is 48.8 Å². The number of aromatic nitrogens is 1. The predicted octanol–water partition coefficient (Wildman–Crippen LogP) is 9.21. The van der Waals surface area contributed by atoms with Gasteiger partial charge in [0.25, 0.3) is 0 Å². The molecule has 0 fully saturated rings. The smallest absolute Gasteiger partial charge is 0.0995 e. The maximum Gasteiger partial charge on any atom is 0.0995 e. The zero-order valence-electron chi connectivity index (χ0n) is 23.1. The van der Waals surface area contributed by atoms with Crippen molar-refractivity contribution in [2.45, 2.75) is 84.6 Å². The first kappa shape index (κ1) is 29.2. The second-order valence-electron chi connectivity index (χ2n) is 9.94. The van der Waals surface area contributed by atoms with Gasteiger partial charge in [-0.25, -0.2) is 0 Å². The van der Waals surface area contributed by atoms with Gasteiger partial charge in [0, 0.05) is 22.2 Å². The van der Waals surface area contributed by atoms with Gasteiger partial charge in [-0.3, -0.25) is 9.71 Å². The summed E-state index contributed by atoms with van der Waals surface area (Å²) in [7, 11) is 0. The minimum absolute atomic E-state index is 0.276. The van der Waals surface area contributed by atoms with Gasteiger partial charge >= 0.3 is 0 Å². The van der Waals surface area contributed by atoms with Crippen LogP contribution < -0.4 is 4.72 Å². The minimum Gasteiger partial charge on any atom is -0.259 e. The number of rotatable bonds is 8. The van der Waals surface area contributed by atoms with Crippen LogP contribution in [0.4, 0.5) is 0 Å². The third-order valence-electron chi connectivity index (χ3n) is 7.29. The maximum atomic E-state index is 9.78. The van der Waals surface area contributed by atoms with Gasteiger partial charge in [-0.05, 0) is 84.4 Å². The van der Waals surface area contributed by atoms with Gasteiger partial charge in [0.2, 0.25) is 0 Å². The number of nitrogens with one attached hydrogen (secondary N) is 1. The number of hydrogen-bond acceptors (Lipinski definition) is 4. The molecule has 4 rings (SSSR count). The molecule has 0 saturated heterocycles. The van der Waals surface area contributed by atoms with E-state index in [4.69, 9.17) is 16.6 Å². The molecule has 1 N–H and O–H groups in total. The van der Waals surface area contributed by atoms with Crippen molar-refractivity contribution in [3.05, 3.63) is 87.2 Å². The summed E-state index contributed by atoms with van der Waals surface area (Å²) in [6.45, 7) is 10.5. The Kier molecular flexibility index (Phi) is 10.6. The first-order valence-electron chi connectivity index (χ1n) is 13.5. The molecule has 5 heteroatoms. The molecule has 3 aromatic rings. The van der Waals surface area contributed by atoms with Crippen LogP contribution in [0.5, 0.6) is 0 Å². The summed E-state index contributed by atoms with van der Waals surface area (Å²) in [5, 5.41) is 10.5. The van der Waals surface area contributed by atoms with Crippen molar-refractivity contribution in [3.8, 4) is 17.2 Å². The summed E-state index contributed by atoms with van der Waals surface area (Å²) in [6, 6.07) is 17.9. The maximum absolute atomic E-state index is 9.78. The number of pyridine rings is 1. The molecule has 0 amide bonds. The zero-order chi connectivity index (χ0) is 27.0. The Morgan fingerprint density at radius 3 is 2.49 bits per heavy atom. The van der Waals surface area contributed by atoms with Crippen LogP contribution in [0.2, 0.25) is 5.02 Å². The molecule has 3 nitrogen and oxygen atoms in total. The molecule has 1 aromatic heterocycles. The van der Waals surface area contributed by atoms with Crippen LogP contribution in [-0.4, -0.2) is 11.2 Å². The number of unbranched alkanes of at least 4 members (excludes halogenated alkanes) is 1. The van der Waals surface area contributed by atoms with Crippen molar-refractivity contribution >= 4 is 23.5 Å². The summed E-state index contributed by atoms with van der Waals surface area (Å²) in [6.07, 6.45) is 10.4. The van der Waals surface area contributed by atoms with E-state index >= 15 is 0 Å². The van der Waals surface area contributed by atoms with Crippen LogP contribution in [0.3, 0.4) is 0 Å². The van der Waals surface area contributed by atoms with E-state index in [9.17, 15) is 5.26 Å². The van der Waals surface area contributed by atoms with Crippen LogP contribution in [-0.2, 0) is 18.3 Å². The molecule has 1 atom stereocenters. The number of fused-ring (bicyclic) bond motifs is 1. The molecule has 196 valence electrons. The highest BCUT2D eigenvalue weighted by Gasteiger charge is 2.26. The molecule has 2 aromatic carbocycles. The van der Waals surface area contributed by atoms with Crippen LogP contribution in [0.15, 0.2) is 48.7 Å². The van der Waals surface area contributed by atoms with Crippen molar-refractivity contribution in [2.24, 2.45) is 0 Å². The van der Waals surface area contributed by atoms with Crippen molar-refractivity contribution in [1.82, 2.24) is 9.71 Å². The van der Waals surface area contributed by atoms with Gasteiger partial charge in [0.05, 0.1) is 23.4 Å². The van der Waals surface area contributed by atoms with Crippen LogP contribution >= 0.6 is 23.5 Å². The van der Waals surface area contributed by atoms with Gasteiger partial charge in [0.15, 0.2) is 0 Å². The normalized spacial score (nSPS) is 14.8. The lowest BCUT2D eigenvalue weighted by atomic mass is 9.76. The van der Waals surface area contributed by atoms with E-state index in [1.807, 2.05) is 32.2 Å². The van der Waals surface area contributed by atoms with Crippen molar-refractivity contribution in [2.75, 3.05) is 6.26 Å². The highest BCUT2D eigenvalue weighted by atomic mass is 35.5. The Bertz CT molecular complexity index is 1230. The van der Waals surface area contributed by atoms with Gasteiger partial charge in [-0.15, -0.1) is 0 Å².